The zero-order valence-corrected chi connectivity index (χ0v) is 16.2. The maximum atomic E-state index is 12.5. The molecule has 1 saturated heterocycles. The van der Waals surface area contributed by atoms with Crippen LogP contribution in [-0.4, -0.2) is 41.0 Å². The third-order valence-corrected chi connectivity index (χ3v) is 5.32. The average molecular weight is 382 g/mol. The Balaban J connectivity index is 1.52. The number of benzene rings is 2. The summed E-state index contributed by atoms with van der Waals surface area (Å²) in [6.45, 7) is 5.00. The van der Waals surface area contributed by atoms with Crippen LogP contribution in [-0.2, 0) is 16.2 Å². The quantitative estimate of drug-likeness (QED) is 0.767. The van der Waals surface area contributed by atoms with E-state index in [0.29, 0.717) is 31.8 Å². The lowest BCUT2D eigenvalue weighted by Crippen LogP contribution is -2.42. The van der Waals surface area contributed by atoms with E-state index in [-0.39, 0.29) is 5.91 Å². The van der Waals surface area contributed by atoms with E-state index in [2.05, 4.69) is 5.32 Å². The van der Waals surface area contributed by atoms with Gasteiger partial charge in [-0.2, -0.15) is 0 Å². The molecule has 0 saturated carbocycles. The molecule has 2 atom stereocenters. The summed E-state index contributed by atoms with van der Waals surface area (Å²) >= 11 is 0. The average Bonchev–Trinajstić information content (AvgIpc) is 3.11. The van der Waals surface area contributed by atoms with E-state index in [4.69, 9.17) is 4.74 Å². The fourth-order valence-electron chi connectivity index (χ4n) is 3.29. The molecule has 148 valence electrons. The lowest BCUT2D eigenvalue weighted by Gasteiger charge is -2.25. The minimum Gasteiger partial charge on any atom is -0.489 e. The van der Waals surface area contributed by atoms with Crippen LogP contribution >= 0.6 is 0 Å². The highest BCUT2D eigenvalue weighted by molar-refractivity contribution is 5.94. The monoisotopic (exact) mass is 382 g/mol. The summed E-state index contributed by atoms with van der Waals surface area (Å²) in [6, 6.07) is 16.8. The number of anilines is 1. The minimum absolute atomic E-state index is 0.146. The molecular formula is C22H26N2O4. The van der Waals surface area contributed by atoms with Gasteiger partial charge in [-0.1, -0.05) is 30.3 Å². The van der Waals surface area contributed by atoms with Crippen molar-refractivity contribution < 1.29 is 19.4 Å². The number of likely N-dealkylation sites (tertiary alicyclic amines) is 1. The van der Waals surface area contributed by atoms with Gasteiger partial charge in [0.15, 0.2) is 0 Å². The minimum atomic E-state index is -0.811. The summed E-state index contributed by atoms with van der Waals surface area (Å²) in [5.74, 6) is -0.229. The number of amides is 1. The number of carboxylic acids is 1. The Kier molecular flexibility index (Phi) is 5.99. The number of carboxylic acid groups (broad SMARTS) is 1. The van der Waals surface area contributed by atoms with E-state index in [1.165, 1.54) is 0 Å². The van der Waals surface area contributed by atoms with Crippen LogP contribution in [0.25, 0.3) is 0 Å². The molecule has 2 N–H and O–H groups in total. The molecule has 1 aliphatic rings. The largest absolute Gasteiger partial charge is 0.489 e. The standard InChI is InChI=1S/C22H26N2O4/c1-16(24-13-12-22(2,15-24)21(26)27)20(25)23-18-8-10-19(11-9-18)28-14-17-6-4-3-5-7-17/h3-11,16H,12-15H2,1-2H3,(H,23,25)(H,26,27). The van der Waals surface area contributed by atoms with Crippen molar-refractivity contribution >= 4 is 17.6 Å². The molecule has 0 aliphatic carbocycles. The Bertz CT molecular complexity index is 822. The summed E-state index contributed by atoms with van der Waals surface area (Å²) in [4.78, 5) is 25.9. The van der Waals surface area contributed by atoms with E-state index < -0.39 is 17.4 Å². The molecule has 1 aliphatic heterocycles. The highest BCUT2D eigenvalue weighted by atomic mass is 16.5. The van der Waals surface area contributed by atoms with E-state index in [1.807, 2.05) is 47.4 Å². The fourth-order valence-corrected chi connectivity index (χ4v) is 3.29. The van der Waals surface area contributed by atoms with Gasteiger partial charge in [0.2, 0.25) is 5.91 Å². The molecule has 1 heterocycles. The van der Waals surface area contributed by atoms with Gasteiger partial charge < -0.3 is 15.2 Å². The number of carbonyl (C=O) groups excluding carboxylic acids is 1. The number of nitrogens with zero attached hydrogens (tertiary/aromatic N) is 1. The molecule has 1 fully saturated rings. The van der Waals surface area contributed by atoms with Crippen LogP contribution in [0.3, 0.4) is 0 Å². The van der Waals surface area contributed by atoms with E-state index in [0.717, 1.165) is 11.3 Å². The van der Waals surface area contributed by atoms with Gasteiger partial charge in [-0.15, -0.1) is 0 Å². The van der Waals surface area contributed by atoms with Crippen LogP contribution in [0.1, 0.15) is 25.8 Å². The Morgan fingerprint density at radius 2 is 1.86 bits per heavy atom. The van der Waals surface area contributed by atoms with Crippen molar-refractivity contribution in [3.05, 3.63) is 60.2 Å². The first-order valence-corrected chi connectivity index (χ1v) is 9.42. The number of ether oxygens (including phenoxy) is 1. The highest BCUT2D eigenvalue weighted by Gasteiger charge is 2.42. The lowest BCUT2D eigenvalue weighted by molar-refractivity contribution is -0.147. The van der Waals surface area contributed by atoms with Crippen molar-refractivity contribution in [2.45, 2.75) is 32.9 Å². The van der Waals surface area contributed by atoms with Gasteiger partial charge in [0.05, 0.1) is 11.5 Å². The summed E-state index contributed by atoms with van der Waals surface area (Å²) in [7, 11) is 0. The third kappa shape index (κ3) is 4.70. The number of hydrogen-bond donors (Lipinski definition) is 2. The van der Waals surface area contributed by atoms with Crippen molar-refractivity contribution in [3.63, 3.8) is 0 Å². The van der Waals surface area contributed by atoms with Gasteiger partial charge in [-0.05, 0) is 50.1 Å². The normalized spacial score (nSPS) is 20.5. The Morgan fingerprint density at radius 1 is 1.18 bits per heavy atom. The Hall–Kier alpha value is -2.86. The molecule has 3 rings (SSSR count). The van der Waals surface area contributed by atoms with Crippen molar-refractivity contribution in [2.75, 3.05) is 18.4 Å². The molecule has 2 unspecified atom stereocenters. The second kappa shape index (κ2) is 8.44. The summed E-state index contributed by atoms with van der Waals surface area (Å²) in [5.41, 5.74) is 0.989. The molecule has 2 aromatic carbocycles. The topological polar surface area (TPSA) is 78.9 Å². The predicted octanol–water partition coefficient (Wildman–Crippen LogP) is 3.39. The summed E-state index contributed by atoms with van der Waals surface area (Å²) in [6.07, 6.45) is 0.549. The number of rotatable bonds is 7. The van der Waals surface area contributed by atoms with Crippen molar-refractivity contribution in [2.24, 2.45) is 5.41 Å². The van der Waals surface area contributed by atoms with E-state index in [1.54, 1.807) is 26.0 Å². The van der Waals surface area contributed by atoms with Gasteiger partial charge in [0.1, 0.15) is 12.4 Å². The molecule has 2 aromatic rings. The van der Waals surface area contributed by atoms with Crippen molar-refractivity contribution in [1.82, 2.24) is 4.90 Å². The first-order chi connectivity index (χ1) is 13.4. The van der Waals surface area contributed by atoms with Crippen LogP contribution in [0.4, 0.5) is 5.69 Å². The molecular weight excluding hydrogens is 356 g/mol. The number of nitrogens with one attached hydrogen (secondary N) is 1. The number of hydrogen-bond acceptors (Lipinski definition) is 4. The Labute approximate surface area is 165 Å². The Morgan fingerprint density at radius 3 is 2.46 bits per heavy atom. The third-order valence-electron chi connectivity index (χ3n) is 5.32. The molecule has 0 spiro atoms. The number of carbonyl (C=O) groups is 2. The van der Waals surface area contributed by atoms with Gasteiger partial charge in [-0.25, -0.2) is 0 Å². The van der Waals surface area contributed by atoms with Gasteiger partial charge in [0.25, 0.3) is 0 Å². The summed E-state index contributed by atoms with van der Waals surface area (Å²) in [5, 5.41) is 12.2. The second-order valence-corrected chi connectivity index (χ2v) is 7.55. The maximum absolute atomic E-state index is 12.5. The SMILES string of the molecule is CC(C(=O)Nc1ccc(OCc2ccccc2)cc1)N1CCC(C)(C(=O)O)C1. The first-order valence-electron chi connectivity index (χ1n) is 9.42. The second-order valence-electron chi connectivity index (χ2n) is 7.55. The predicted molar refractivity (Wildman–Crippen MR) is 107 cm³/mol. The highest BCUT2D eigenvalue weighted by Crippen LogP contribution is 2.31. The molecule has 1 amide bonds. The van der Waals surface area contributed by atoms with E-state index >= 15 is 0 Å². The molecule has 6 nitrogen and oxygen atoms in total. The van der Waals surface area contributed by atoms with Gasteiger partial charge in [0, 0.05) is 18.8 Å². The summed E-state index contributed by atoms with van der Waals surface area (Å²) < 4.78 is 5.75. The molecule has 6 heteroatoms. The zero-order chi connectivity index (χ0) is 20.1. The van der Waals surface area contributed by atoms with Crippen molar-refractivity contribution in [1.29, 1.82) is 0 Å². The lowest BCUT2D eigenvalue weighted by atomic mass is 9.90. The van der Waals surface area contributed by atoms with Crippen LogP contribution < -0.4 is 10.1 Å². The fraction of sp³-hybridized carbons (Fsp3) is 0.364. The van der Waals surface area contributed by atoms with Crippen molar-refractivity contribution in [3.8, 4) is 5.75 Å². The number of aliphatic carboxylic acids is 1. The molecule has 0 bridgehead atoms. The van der Waals surface area contributed by atoms with Crippen LogP contribution in [0.5, 0.6) is 5.75 Å². The van der Waals surface area contributed by atoms with Gasteiger partial charge in [-0.3, -0.25) is 14.5 Å². The van der Waals surface area contributed by atoms with Crippen LogP contribution in [0, 0.1) is 5.41 Å². The van der Waals surface area contributed by atoms with Crippen LogP contribution in [0.15, 0.2) is 54.6 Å². The van der Waals surface area contributed by atoms with Gasteiger partial charge >= 0.3 is 5.97 Å². The first kappa shape index (κ1) is 19.9. The molecule has 28 heavy (non-hydrogen) atoms. The molecule has 0 radical (unpaired) electrons. The maximum Gasteiger partial charge on any atom is 0.310 e. The van der Waals surface area contributed by atoms with Crippen LogP contribution in [0.2, 0.25) is 0 Å². The molecule has 0 aromatic heterocycles. The smallest absolute Gasteiger partial charge is 0.310 e. The zero-order valence-electron chi connectivity index (χ0n) is 16.2. The van der Waals surface area contributed by atoms with E-state index in [9.17, 15) is 14.7 Å².